The van der Waals surface area contributed by atoms with E-state index >= 15 is 0 Å². The second kappa shape index (κ2) is 12.8. The van der Waals surface area contributed by atoms with Crippen LogP contribution in [0.5, 0.6) is 0 Å². The van der Waals surface area contributed by atoms with E-state index in [2.05, 4.69) is 11.5 Å². The number of nitrogens with zero attached hydrogens (tertiary/aromatic N) is 1. The van der Waals surface area contributed by atoms with Crippen LogP contribution in [0.1, 0.15) is 11.1 Å². The summed E-state index contributed by atoms with van der Waals surface area (Å²) in [6.45, 7) is 5.99. The van der Waals surface area contributed by atoms with Gasteiger partial charge in [0.25, 0.3) is 0 Å². The molecule has 0 saturated heterocycles. The predicted octanol–water partition coefficient (Wildman–Crippen LogP) is 4.03. The number of carbonyl (C=O) groups is 1. The van der Waals surface area contributed by atoms with Crippen molar-refractivity contribution < 1.29 is 14.3 Å². The van der Waals surface area contributed by atoms with Gasteiger partial charge in [-0.25, -0.2) is 0 Å². The van der Waals surface area contributed by atoms with Crippen LogP contribution >= 0.6 is 0 Å². The zero-order valence-corrected chi connectivity index (χ0v) is 16.4. The predicted molar refractivity (Wildman–Crippen MR) is 113 cm³/mol. The minimum Gasteiger partial charge on any atom is -0.375 e. The summed E-state index contributed by atoms with van der Waals surface area (Å²) in [5, 5.41) is 0. The topological polar surface area (TPSA) is 38.8 Å². The number of hydrogen-bond donors (Lipinski definition) is 0. The average Bonchev–Trinajstić information content (AvgIpc) is 2.73. The molecule has 0 saturated carbocycles. The highest BCUT2D eigenvalue weighted by Crippen LogP contribution is 2.14. The second-order valence-corrected chi connectivity index (χ2v) is 6.58. The molecule has 0 aliphatic heterocycles. The third kappa shape index (κ3) is 7.61. The molecular weight excluding hydrogens is 350 g/mol. The smallest absolute Gasteiger partial charge is 0.142 e. The Morgan fingerprint density at radius 3 is 2.18 bits per heavy atom. The molecule has 0 aromatic heterocycles. The van der Waals surface area contributed by atoms with Gasteiger partial charge in [-0.2, -0.15) is 0 Å². The van der Waals surface area contributed by atoms with Crippen molar-refractivity contribution >= 4 is 6.29 Å². The van der Waals surface area contributed by atoms with E-state index in [1.165, 1.54) is 6.08 Å². The molecule has 4 heteroatoms. The van der Waals surface area contributed by atoms with E-state index in [0.717, 1.165) is 17.4 Å². The molecule has 0 radical (unpaired) electrons. The molecule has 0 heterocycles. The Bertz CT molecular complexity index is 715. The number of aldehydes is 1. The molecule has 0 amide bonds. The molecule has 0 bridgehead atoms. The summed E-state index contributed by atoms with van der Waals surface area (Å²) < 4.78 is 12.1. The van der Waals surface area contributed by atoms with Crippen LogP contribution in [-0.2, 0) is 27.5 Å². The molecule has 4 nitrogen and oxygen atoms in total. The standard InChI is InChI=1S/C24H29NO3/c1-3-16-25(2)23(20-27-18-21-11-6-4-7-12-21)24(15-10-17-26)28-19-22-13-8-5-9-14-22/h3-15,17,23-24H,1,16,18-20H2,2H3/b15-10-. The van der Waals surface area contributed by atoms with Gasteiger partial charge >= 0.3 is 0 Å². The number of likely N-dealkylation sites (N-methyl/N-ethyl adjacent to an activating group) is 1. The van der Waals surface area contributed by atoms with Gasteiger partial charge < -0.3 is 9.47 Å². The lowest BCUT2D eigenvalue weighted by molar-refractivity contribution is -0.104. The molecule has 2 unspecified atom stereocenters. The van der Waals surface area contributed by atoms with Crippen LogP contribution in [0.4, 0.5) is 0 Å². The van der Waals surface area contributed by atoms with Crippen molar-refractivity contribution in [1.29, 1.82) is 0 Å². The first-order chi connectivity index (χ1) is 13.7. The summed E-state index contributed by atoms with van der Waals surface area (Å²) in [7, 11) is 2.01. The van der Waals surface area contributed by atoms with Crippen LogP contribution in [0, 0.1) is 0 Å². The van der Waals surface area contributed by atoms with Crippen molar-refractivity contribution in [1.82, 2.24) is 4.90 Å². The van der Waals surface area contributed by atoms with E-state index in [1.54, 1.807) is 6.08 Å². The Morgan fingerprint density at radius 1 is 1.00 bits per heavy atom. The van der Waals surface area contributed by atoms with Crippen LogP contribution in [0.2, 0.25) is 0 Å². The first kappa shape index (κ1) is 21.8. The Labute approximate surface area is 168 Å². The van der Waals surface area contributed by atoms with E-state index in [9.17, 15) is 4.79 Å². The average molecular weight is 380 g/mol. The number of ether oxygens (including phenoxy) is 2. The number of rotatable bonds is 13. The van der Waals surface area contributed by atoms with Crippen molar-refractivity contribution in [3.63, 3.8) is 0 Å². The number of carbonyl (C=O) groups excluding carboxylic acids is 1. The Morgan fingerprint density at radius 2 is 1.61 bits per heavy atom. The zero-order chi connectivity index (χ0) is 20.0. The van der Waals surface area contributed by atoms with Gasteiger partial charge in [0, 0.05) is 6.54 Å². The van der Waals surface area contributed by atoms with Crippen LogP contribution in [0.15, 0.2) is 85.5 Å². The summed E-state index contributed by atoms with van der Waals surface area (Å²) in [6, 6.07) is 20.0. The van der Waals surface area contributed by atoms with Crippen LogP contribution < -0.4 is 0 Å². The van der Waals surface area contributed by atoms with E-state index in [1.807, 2.05) is 73.8 Å². The van der Waals surface area contributed by atoms with Gasteiger partial charge in [-0.15, -0.1) is 6.58 Å². The fourth-order valence-electron chi connectivity index (χ4n) is 2.90. The van der Waals surface area contributed by atoms with E-state index in [4.69, 9.17) is 9.47 Å². The fraction of sp³-hybridized carbons (Fsp3) is 0.292. The number of benzene rings is 2. The van der Waals surface area contributed by atoms with Crippen molar-refractivity contribution in [2.24, 2.45) is 0 Å². The molecule has 0 aliphatic rings. The summed E-state index contributed by atoms with van der Waals surface area (Å²) in [4.78, 5) is 13.0. The molecule has 2 rings (SSSR count). The SMILES string of the molecule is C=CCN(C)C(COCc1ccccc1)C(/C=C\C=O)OCc1ccccc1. The van der Waals surface area contributed by atoms with Crippen molar-refractivity contribution in [3.05, 3.63) is 96.6 Å². The first-order valence-electron chi connectivity index (χ1n) is 9.45. The van der Waals surface area contributed by atoms with Crippen molar-refractivity contribution in [2.75, 3.05) is 20.2 Å². The largest absolute Gasteiger partial charge is 0.375 e. The molecule has 2 aromatic carbocycles. The highest BCUT2D eigenvalue weighted by atomic mass is 16.5. The maximum Gasteiger partial charge on any atom is 0.142 e. The second-order valence-electron chi connectivity index (χ2n) is 6.58. The number of allylic oxidation sites excluding steroid dienone is 1. The van der Waals surface area contributed by atoms with Gasteiger partial charge in [0.05, 0.1) is 32.0 Å². The summed E-state index contributed by atoms with van der Waals surface area (Å²) in [6.07, 6.45) is 5.62. The van der Waals surface area contributed by atoms with Gasteiger partial charge in [-0.05, 0) is 24.3 Å². The van der Waals surface area contributed by atoms with Crippen LogP contribution in [0.3, 0.4) is 0 Å². The Kier molecular flexibility index (Phi) is 9.94. The minimum absolute atomic E-state index is 0.0541. The molecule has 148 valence electrons. The molecule has 28 heavy (non-hydrogen) atoms. The summed E-state index contributed by atoms with van der Waals surface area (Å²) in [5.74, 6) is 0. The van der Waals surface area contributed by atoms with Gasteiger partial charge in [0.1, 0.15) is 6.29 Å². The molecule has 0 spiro atoms. The van der Waals surface area contributed by atoms with Gasteiger partial charge in [-0.1, -0.05) is 72.8 Å². The van der Waals surface area contributed by atoms with E-state index < -0.39 is 0 Å². The monoisotopic (exact) mass is 379 g/mol. The van der Waals surface area contributed by atoms with E-state index in [0.29, 0.717) is 26.4 Å². The maximum atomic E-state index is 10.9. The Balaban J connectivity index is 2.06. The summed E-state index contributed by atoms with van der Waals surface area (Å²) >= 11 is 0. The zero-order valence-electron chi connectivity index (χ0n) is 16.4. The van der Waals surface area contributed by atoms with Gasteiger partial charge in [0.15, 0.2) is 0 Å². The Hall–Kier alpha value is -2.53. The van der Waals surface area contributed by atoms with Gasteiger partial charge in [-0.3, -0.25) is 9.69 Å². The first-order valence-corrected chi connectivity index (χ1v) is 9.45. The summed E-state index contributed by atoms with van der Waals surface area (Å²) in [5.41, 5.74) is 2.21. The van der Waals surface area contributed by atoms with E-state index in [-0.39, 0.29) is 12.1 Å². The van der Waals surface area contributed by atoms with Crippen molar-refractivity contribution in [3.8, 4) is 0 Å². The van der Waals surface area contributed by atoms with Crippen molar-refractivity contribution in [2.45, 2.75) is 25.4 Å². The lowest BCUT2D eigenvalue weighted by Crippen LogP contribution is -2.45. The molecule has 2 atom stereocenters. The molecule has 0 aliphatic carbocycles. The molecular formula is C24H29NO3. The highest BCUT2D eigenvalue weighted by Gasteiger charge is 2.24. The molecule has 0 fully saturated rings. The number of hydrogen-bond acceptors (Lipinski definition) is 4. The molecule has 2 aromatic rings. The lowest BCUT2D eigenvalue weighted by atomic mass is 10.1. The third-order valence-corrected chi connectivity index (χ3v) is 4.43. The van der Waals surface area contributed by atoms with Crippen LogP contribution in [0.25, 0.3) is 0 Å². The van der Waals surface area contributed by atoms with Gasteiger partial charge in [0.2, 0.25) is 0 Å². The quantitative estimate of drug-likeness (QED) is 0.299. The van der Waals surface area contributed by atoms with Crippen LogP contribution in [-0.4, -0.2) is 43.5 Å². The third-order valence-electron chi connectivity index (χ3n) is 4.43. The molecule has 0 N–H and O–H groups in total. The maximum absolute atomic E-state index is 10.9. The lowest BCUT2D eigenvalue weighted by Gasteiger charge is -2.32. The minimum atomic E-state index is -0.286. The highest BCUT2D eigenvalue weighted by molar-refractivity contribution is 5.64. The fourth-order valence-corrected chi connectivity index (χ4v) is 2.90. The normalized spacial score (nSPS) is 13.5.